The standard InChI is InChI=1S/C19H19Cl2N3OS/c20-15-5-4-6-16(17(15)21)23-19(26)22-14-9-7-13(8-10-14)18(25)24-11-2-1-3-12-24/h4-10H,1-3,11-12H2,(H2,22,23,26). The summed E-state index contributed by atoms with van der Waals surface area (Å²) in [6, 6.07) is 12.6. The summed E-state index contributed by atoms with van der Waals surface area (Å²) in [5.74, 6) is 0.0858. The number of benzene rings is 2. The molecule has 1 heterocycles. The first-order chi connectivity index (χ1) is 12.5. The van der Waals surface area contributed by atoms with Gasteiger partial charge in [0.15, 0.2) is 5.11 Å². The molecule has 26 heavy (non-hydrogen) atoms. The van der Waals surface area contributed by atoms with Crippen LogP contribution in [0.3, 0.4) is 0 Å². The van der Waals surface area contributed by atoms with Crippen LogP contribution in [-0.2, 0) is 0 Å². The molecule has 1 saturated heterocycles. The van der Waals surface area contributed by atoms with E-state index in [-0.39, 0.29) is 5.91 Å². The van der Waals surface area contributed by atoms with Gasteiger partial charge in [-0.1, -0.05) is 29.3 Å². The second-order valence-corrected chi connectivity index (χ2v) is 7.30. The van der Waals surface area contributed by atoms with Gasteiger partial charge in [-0.3, -0.25) is 4.79 Å². The molecule has 3 rings (SSSR count). The van der Waals surface area contributed by atoms with Crippen molar-refractivity contribution in [2.45, 2.75) is 19.3 Å². The summed E-state index contributed by atoms with van der Waals surface area (Å²) >= 11 is 17.5. The number of nitrogens with one attached hydrogen (secondary N) is 2. The zero-order chi connectivity index (χ0) is 18.5. The number of anilines is 2. The molecule has 0 spiro atoms. The maximum Gasteiger partial charge on any atom is 0.253 e. The fourth-order valence-corrected chi connectivity index (χ4v) is 3.44. The molecule has 0 aliphatic carbocycles. The molecule has 0 radical (unpaired) electrons. The summed E-state index contributed by atoms with van der Waals surface area (Å²) in [6.45, 7) is 1.68. The van der Waals surface area contributed by atoms with E-state index in [1.807, 2.05) is 29.2 Å². The van der Waals surface area contributed by atoms with Crippen molar-refractivity contribution in [3.8, 4) is 0 Å². The largest absolute Gasteiger partial charge is 0.339 e. The van der Waals surface area contributed by atoms with Gasteiger partial charge in [-0.05, 0) is 67.9 Å². The zero-order valence-electron chi connectivity index (χ0n) is 14.1. The number of rotatable bonds is 3. The van der Waals surface area contributed by atoms with E-state index in [9.17, 15) is 4.79 Å². The number of carbonyl (C=O) groups is 1. The molecular weight excluding hydrogens is 389 g/mol. The Hall–Kier alpha value is -1.82. The topological polar surface area (TPSA) is 44.4 Å². The van der Waals surface area contributed by atoms with Gasteiger partial charge in [0.25, 0.3) is 5.91 Å². The minimum atomic E-state index is 0.0858. The maximum absolute atomic E-state index is 12.5. The highest BCUT2D eigenvalue weighted by molar-refractivity contribution is 7.80. The number of piperidine rings is 1. The quantitative estimate of drug-likeness (QED) is 0.665. The summed E-state index contributed by atoms with van der Waals surface area (Å²) in [7, 11) is 0. The molecule has 0 aromatic heterocycles. The highest BCUT2D eigenvalue weighted by Gasteiger charge is 2.17. The zero-order valence-corrected chi connectivity index (χ0v) is 16.4. The molecule has 2 N–H and O–H groups in total. The summed E-state index contributed by atoms with van der Waals surface area (Å²) in [4.78, 5) is 14.4. The predicted molar refractivity (Wildman–Crippen MR) is 113 cm³/mol. The lowest BCUT2D eigenvalue weighted by Gasteiger charge is -2.26. The van der Waals surface area contributed by atoms with Crippen LogP contribution in [-0.4, -0.2) is 29.0 Å². The third kappa shape index (κ3) is 4.67. The molecule has 1 aliphatic rings. The van der Waals surface area contributed by atoms with Gasteiger partial charge in [-0.25, -0.2) is 0 Å². The van der Waals surface area contributed by atoms with Crippen LogP contribution >= 0.6 is 35.4 Å². The van der Waals surface area contributed by atoms with Crippen molar-refractivity contribution in [2.75, 3.05) is 23.7 Å². The molecule has 136 valence electrons. The Kier molecular flexibility index (Phi) is 6.35. The Morgan fingerprint density at radius 3 is 2.35 bits per heavy atom. The van der Waals surface area contributed by atoms with Gasteiger partial charge in [0, 0.05) is 24.3 Å². The fourth-order valence-electron chi connectivity index (χ4n) is 2.86. The van der Waals surface area contributed by atoms with E-state index in [0.29, 0.717) is 26.4 Å². The Balaban J connectivity index is 1.61. The second-order valence-electron chi connectivity index (χ2n) is 6.11. The van der Waals surface area contributed by atoms with Gasteiger partial charge in [0.05, 0.1) is 15.7 Å². The molecule has 2 aromatic rings. The molecule has 0 unspecified atom stereocenters. The number of hydrogen-bond donors (Lipinski definition) is 2. The number of carbonyl (C=O) groups excluding carboxylic acids is 1. The van der Waals surface area contributed by atoms with Crippen molar-refractivity contribution in [3.63, 3.8) is 0 Å². The summed E-state index contributed by atoms with van der Waals surface area (Å²) < 4.78 is 0. The van der Waals surface area contributed by atoms with Crippen LogP contribution in [0.4, 0.5) is 11.4 Å². The van der Waals surface area contributed by atoms with Gasteiger partial charge in [-0.2, -0.15) is 0 Å². The molecule has 4 nitrogen and oxygen atoms in total. The van der Waals surface area contributed by atoms with Crippen molar-refractivity contribution in [1.29, 1.82) is 0 Å². The third-order valence-electron chi connectivity index (χ3n) is 4.23. The molecule has 2 aromatic carbocycles. The highest BCUT2D eigenvalue weighted by Crippen LogP contribution is 2.29. The number of nitrogens with zero attached hydrogens (tertiary/aromatic N) is 1. The Morgan fingerprint density at radius 1 is 0.962 bits per heavy atom. The molecule has 0 atom stereocenters. The van der Waals surface area contributed by atoms with Crippen LogP contribution in [0.5, 0.6) is 0 Å². The molecule has 1 aliphatic heterocycles. The van der Waals surface area contributed by atoms with Gasteiger partial charge >= 0.3 is 0 Å². The van der Waals surface area contributed by atoms with Crippen LogP contribution in [0.1, 0.15) is 29.6 Å². The first kappa shape index (κ1) is 19.0. The molecule has 7 heteroatoms. The van der Waals surface area contributed by atoms with E-state index in [4.69, 9.17) is 35.4 Å². The number of hydrogen-bond acceptors (Lipinski definition) is 2. The average Bonchev–Trinajstić information content (AvgIpc) is 2.66. The van der Waals surface area contributed by atoms with E-state index < -0.39 is 0 Å². The highest BCUT2D eigenvalue weighted by atomic mass is 35.5. The number of amides is 1. The first-order valence-electron chi connectivity index (χ1n) is 8.46. The first-order valence-corrected chi connectivity index (χ1v) is 9.62. The number of thiocarbonyl (C=S) groups is 1. The maximum atomic E-state index is 12.5. The molecule has 0 saturated carbocycles. The fraction of sp³-hybridized carbons (Fsp3) is 0.263. The van der Waals surface area contributed by atoms with Crippen LogP contribution in [0.15, 0.2) is 42.5 Å². The van der Waals surface area contributed by atoms with Crippen molar-refractivity contribution in [1.82, 2.24) is 4.90 Å². The summed E-state index contributed by atoms with van der Waals surface area (Å²) in [6.07, 6.45) is 3.36. The van der Waals surface area contributed by atoms with E-state index in [1.165, 1.54) is 6.42 Å². The van der Waals surface area contributed by atoms with Crippen molar-refractivity contribution < 1.29 is 4.79 Å². The summed E-state index contributed by atoms with van der Waals surface area (Å²) in [5, 5.41) is 7.36. The van der Waals surface area contributed by atoms with Crippen molar-refractivity contribution >= 4 is 57.8 Å². The SMILES string of the molecule is O=C(c1ccc(NC(=S)Nc2cccc(Cl)c2Cl)cc1)N1CCCCC1. The van der Waals surface area contributed by atoms with Crippen molar-refractivity contribution in [3.05, 3.63) is 58.1 Å². The number of likely N-dealkylation sites (tertiary alicyclic amines) is 1. The van der Waals surface area contributed by atoms with Gasteiger partial charge in [-0.15, -0.1) is 0 Å². The number of halogens is 2. The van der Waals surface area contributed by atoms with Crippen molar-refractivity contribution in [2.24, 2.45) is 0 Å². The van der Waals surface area contributed by atoms with Crippen LogP contribution in [0.25, 0.3) is 0 Å². The summed E-state index contributed by atoms with van der Waals surface area (Å²) in [5.41, 5.74) is 2.11. The van der Waals surface area contributed by atoms with Gasteiger partial charge < -0.3 is 15.5 Å². The van der Waals surface area contributed by atoms with Crippen LogP contribution in [0, 0.1) is 0 Å². The predicted octanol–water partition coefficient (Wildman–Crippen LogP) is 5.43. The lowest BCUT2D eigenvalue weighted by atomic mass is 10.1. The molecule has 1 amide bonds. The van der Waals surface area contributed by atoms with Crippen LogP contribution in [0.2, 0.25) is 10.0 Å². The average molecular weight is 408 g/mol. The minimum absolute atomic E-state index is 0.0858. The molecule has 0 bridgehead atoms. The van der Waals surface area contributed by atoms with Gasteiger partial charge in [0.2, 0.25) is 0 Å². The van der Waals surface area contributed by atoms with Gasteiger partial charge in [0.1, 0.15) is 0 Å². The lowest BCUT2D eigenvalue weighted by molar-refractivity contribution is 0.0724. The van der Waals surface area contributed by atoms with E-state index in [1.54, 1.807) is 18.2 Å². The minimum Gasteiger partial charge on any atom is -0.339 e. The Labute approximate surface area is 168 Å². The second kappa shape index (κ2) is 8.71. The Bertz CT molecular complexity index is 805. The normalized spacial score (nSPS) is 14.0. The smallest absolute Gasteiger partial charge is 0.253 e. The monoisotopic (exact) mass is 407 g/mol. The van der Waals surface area contributed by atoms with Crippen LogP contribution < -0.4 is 10.6 Å². The third-order valence-corrected chi connectivity index (χ3v) is 5.26. The molecular formula is C19H19Cl2N3OS. The van der Waals surface area contributed by atoms with E-state index in [0.717, 1.165) is 31.6 Å². The Morgan fingerprint density at radius 2 is 1.65 bits per heavy atom. The molecule has 1 fully saturated rings. The lowest BCUT2D eigenvalue weighted by Crippen LogP contribution is -2.35. The van der Waals surface area contributed by atoms with E-state index >= 15 is 0 Å². The van der Waals surface area contributed by atoms with E-state index in [2.05, 4.69) is 10.6 Å².